The van der Waals surface area contributed by atoms with Crippen molar-refractivity contribution < 1.29 is 52.8 Å². The highest BCUT2D eigenvalue weighted by atomic mass is 31.2. The molecule has 21 nitrogen and oxygen atoms in total. The van der Waals surface area contributed by atoms with Crippen molar-refractivity contribution in [1.82, 2.24) is 34.1 Å². The van der Waals surface area contributed by atoms with E-state index in [1.165, 1.54) is 34.2 Å². The Hall–Kier alpha value is -4.02. The first-order valence-corrected chi connectivity index (χ1v) is 16.5. The zero-order valence-corrected chi connectivity index (χ0v) is 26.4. The number of rotatable bonds is 14. The Labute approximate surface area is 274 Å². The number of pyridine rings is 1. The summed E-state index contributed by atoms with van der Waals surface area (Å²) in [7, 11) is -4.89. The molecule has 0 radical (unpaired) electrons. The molecule has 3 unspecified atom stereocenters. The number of aliphatic hydroxyl groups is 3. The molecule has 0 aliphatic carbocycles. The number of fused-ring (bicyclic) bond motifs is 2. The smallest absolute Gasteiger partial charge is 0.396 e. The average Bonchev–Trinajstić information content (AvgIpc) is 3.80. The number of hydrogen-bond donors (Lipinski definition) is 6. The van der Waals surface area contributed by atoms with E-state index in [0.29, 0.717) is 5.52 Å². The maximum absolute atomic E-state index is 13.2. The number of ether oxygens (including phenoxy) is 3. The van der Waals surface area contributed by atoms with Gasteiger partial charge in [0.25, 0.3) is 11.1 Å². The van der Waals surface area contributed by atoms with Crippen molar-refractivity contribution in [3.63, 3.8) is 0 Å². The standard InChI is InChI=1S/C27H33N8O13P/c28-27-32-24-23(25(40)33-27)31-12-34(24)21-3-13(6-36)19(46-21)10-45-49(42,43)48-18-4-22(47-20(18)9-44-8-17(39)16(38)7-37)35-11-30-15-1-2-29-5-14(15)26(35)41/h1-2,5,11-13,16,18-22,36-38H,3-4,6-10H2,(H,42,43)(H3,28,32,33,40)/t13?,16?,18-,19+,20+,21+,22+/m0/s1. The number of carbonyl (C=O) groups excluding carboxylic acids is 1. The number of nitrogens with two attached hydrogens (primary N) is 1. The molecule has 49 heavy (non-hydrogen) atoms. The molecule has 0 amide bonds. The summed E-state index contributed by atoms with van der Waals surface area (Å²) in [6.07, 6.45) is -1.23. The highest BCUT2D eigenvalue weighted by Crippen LogP contribution is 2.49. The highest BCUT2D eigenvalue weighted by molar-refractivity contribution is 7.47. The van der Waals surface area contributed by atoms with E-state index >= 15 is 0 Å². The molecule has 4 aromatic heterocycles. The van der Waals surface area contributed by atoms with E-state index in [1.807, 2.05) is 0 Å². The Kier molecular flexibility index (Phi) is 10.3. The van der Waals surface area contributed by atoms with Crippen molar-refractivity contribution in [3.05, 3.63) is 51.8 Å². The van der Waals surface area contributed by atoms with E-state index in [4.69, 9.17) is 34.1 Å². The largest absolute Gasteiger partial charge is 0.472 e. The third kappa shape index (κ3) is 7.45. The minimum absolute atomic E-state index is 0.0225. The monoisotopic (exact) mass is 708 g/mol. The van der Waals surface area contributed by atoms with E-state index < -0.39 is 87.3 Å². The van der Waals surface area contributed by atoms with Gasteiger partial charge in [-0.05, 0) is 6.07 Å². The van der Waals surface area contributed by atoms with Gasteiger partial charge in [0.2, 0.25) is 5.95 Å². The predicted molar refractivity (Wildman–Crippen MR) is 164 cm³/mol. The van der Waals surface area contributed by atoms with Crippen molar-refractivity contribution in [1.29, 1.82) is 0 Å². The number of anilines is 1. The zero-order valence-electron chi connectivity index (χ0n) is 25.5. The van der Waals surface area contributed by atoms with Crippen LogP contribution in [0.5, 0.6) is 0 Å². The van der Waals surface area contributed by atoms with Gasteiger partial charge in [0.1, 0.15) is 43.7 Å². The number of nitrogen functional groups attached to an aromatic ring is 1. The van der Waals surface area contributed by atoms with E-state index in [2.05, 4.69) is 24.9 Å². The molecule has 264 valence electrons. The van der Waals surface area contributed by atoms with Crippen molar-refractivity contribution in [3.8, 4) is 0 Å². The molecule has 0 saturated carbocycles. The summed E-state index contributed by atoms with van der Waals surface area (Å²) >= 11 is 0. The normalized spacial score (nSPS) is 26.0. The minimum Gasteiger partial charge on any atom is -0.396 e. The Morgan fingerprint density at radius 1 is 1.12 bits per heavy atom. The van der Waals surface area contributed by atoms with Crippen molar-refractivity contribution >= 4 is 41.6 Å². The topological polar surface area (TPSA) is 299 Å². The fourth-order valence-corrected chi connectivity index (χ4v) is 6.60. The highest BCUT2D eigenvalue weighted by Gasteiger charge is 2.44. The first-order chi connectivity index (χ1) is 23.5. The van der Waals surface area contributed by atoms with Crippen LogP contribution in [0.3, 0.4) is 0 Å². The molecule has 2 aliphatic rings. The number of phosphoric acid groups is 1. The van der Waals surface area contributed by atoms with Crippen LogP contribution in [0.4, 0.5) is 5.95 Å². The van der Waals surface area contributed by atoms with Gasteiger partial charge < -0.3 is 40.2 Å². The number of H-pyrrole nitrogens is 1. The number of imidazole rings is 1. The molecule has 2 saturated heterocycles. The SMILES string of the molecule is Nc1nc2c(ncn2[C@H]2CC(CO)[C@@H](COP(=O)(O)O[C@H]3C[C@H](n4cnc5ccncc5c4=O)O[C@@H]3COCC(=O)C(O)CO)O2)c(=O)[nH]1. The van der Waals surface area contributed by atoms with Crippen molar-refractivity contribution in [2.45, 2.75) is 49.7 Å². The van der Waals surface area contributed by atoms with E-state index in [0.717, 1.165) is 0 Å². The number of Topliss-reactive ketones (excluding diaryl/α,β-unsaturated/α-hetero) is 1. The number of aromatic amines is 1. The van der Waals surface area contributed by atoms with Crippen LogP contribution < -0.4 is 16.9 Å². The quantitative estimate of drug-likeness (QED) is 0.0782. The van der Waals surface area contributed by atoms with E-state index in [9.17, 15) is 34.1 Å². The number of hydrogen-bond acceptors (Lipinski definition) is 17. The molecule has 2 fully saturated rings. The summed E-state index contributed by atoms with van der Waals surface area (Å²) in [5, 5.41) is 28.7. The Morgan fingerprint density at radius 3 is 2.65 bits per heavy atom. The average molecular weight is 709 g/mol. The third-order valence-electron chi connectivity index (χ3n) is 8.17. The summed E-state index contributed by atoms with van der Waals surface area (Å²) in [6, 6.07) is 1.55. The van der Waals surface area contributed by atoms with Crippen LogP contribution in [0.15, 0.2) is 40.7 Å². The number of nitrogens with one attached hydrogen (secondary N) is 1. The van der Waals surface area contributed by atoms with Crippen LogP contribution >= 0.6 is 7.82 Å². The Balaban J connectivity index is 1.14. The molecular formula is C27H33N8O13P. The van der Waals surface area contributed by atoms with Gasteiger partial charge in [-0.25, -0.2) is 14.5 Å². The summed E-state index contributed by atoms with van der Waals surface area (Å²) in [4.78, 5) is 66.8. The number of aromatic nitrogens is 7. The fraction of sp³-hybridized carbons (Fsp3) is 0.519. The maximum atomic E-state index is 13.2. The van der Waals surface area contributed by atoms with Crippen molar-refractivity contribution in [2.75, 3.05) is 38.8 Å². The summed E-state index contributed by atoms with van der Waals surface area (Å²) in [5.74, 6) is -1.50. The van der Waals surface area contributed by atoms with Crippen LogP contribution in [0.2, 0.25) is 0 Å². The summed E-state index contributed by atoms with van der Waals surface area (Å²) < 4.78 is 44.0. The van der Waals surface area contributed by atoms with Gasteiger partial charge in [-0.15, -0.1) is 0 Å². The lowest BCUT2D eigenvalue weighted by atomic mass is 10.0. The second kappa shape index (κ2) is 14.5. The lowest BCUT2D eigenvalue weighted by Crippen LogP contribution is -2.33. The molecule has 8 atom stereocenters. The number of nitrogens with zero attached hydrogens (tertiary/aromatic N) is 6. The van der Waals surface area contributed by atoms with Crippen molar-refractivity contribution in [2.24, 2.45) is 5.92 Å². The van der Waals surface area contributed by atoms with Gasteiger partial charge in [0.15, 0.2) is 16.9 Å². The van der Waals surface area contributed by atoms with Crippen LogP contribution in [0.25, 0.3) is 22.1 Å². The predicted octanol–water partition coefficient (Wildman–Crippen LogP) is -1.87. The lowest BCUT2D eigenvalue weighted by molar-refractivity contribution is -0.136. The van der Waals surface area contributed by atoms with E-state index in [1.54, 1.807) is 6.07 Å². The third-order valence-corrected chi connectivity index (χ3v) is 9.19. The molecule has 0 spiro atoms. The molecule has 0 bridgehead atoms. The van der Waals surface area contributed by atoms with Crippen LogP contribution in [-0.4, -0.2) is 118 Å². The lowest BCUT2D eigenvalue weighted by Gasteiger charge is -2.23. The second-order valence-electron chi connectivity index (χ2n) is 11.4. The van der Waals surface area contributed by atoms with Gasteiger partial charge >= 0.3 is 7.82 Å². The van der Waals surface area contributed by atoms with Gasteiger partial charge in [0.05, 0.1) is 43.2 Å². The molecule has 0 aromatic carbocycles. The van der Waals surface area contributed by atoms with Crippen LogP contribution in [-0.2, 0) is 32.6 Å². The molecule has 2 aliphatic heterocycles. The number of ketones is 1. The molecule has 6 rings (SSSR count). The van der Waals surface area contributed by atoms with Gasteiger partial charge in [-0.2, -0.15) is 4.98 Å². The maximum Gasteiger partial charge on any atom is 0.472 e. The number of aliphatic hydroxyl groups excluding tert-OH is 3. The number of phosphoric ester groups is 1. The first-order valence-electron chi connectivity index (χ1n) is 15.0. The Bertz CT molecular complexity index is 1990. The minimum atomic E-state index is -4.89. The summed E-state index contributed by atoms with van der Waals surface area (Å²) in [6.45, 7) is -2.65. The molecule has 22 heteroatoms. The van der Waals surface area contributed by atoms with Gasteiger partial charge in [-0.1, -0.05) is 0 Å². The van der Waals surface area contributed by atoms with Crippen LogP contribution in [0, 0.1) is 5.92 Å². The summed E-state index contributed by atoms with van der Waals surface area (Å²) in [5.41, 5.74) is 5.20. The van der Waals surface area contributed by atoms with E-state index in [-0.39, 0.29) is 48.6 Å². The Morgan fingerprint density at radius 2 is 1.88 bits per heavy atom. The molecule has 6 heterocycles. The fourth-order valence-electron chi connectivity index (χ4n) is 5.64. The zero-order chi connectivity index (χ0) is 34.9. The number of carbonyl (C=O) groups is 1. The van der Waals surface area contributed by atoms with Gasteiger partial charge in [-0.3, -0.25) is 42.5 Å². The first kappa shape index (κ1) is 34.8. The molecule has 7 N–H and O–H groups in total. The second-order valence-corrected chi connectivity index (χ2v) is 12.8. The van der Waals surface area contributed by atoms with Gasteiger partial charge in [0, 0.05) is 37.8 Å². The molecule has 4 aromatic rings. The molecular weight excluding hydrogens is 675 g/mol. The van der Waals surface area contributed by atoms with Crippen LogP contribution in [0.1, 0.15) is 25.3 Å².